The number of carbonyl (C=O) groups excluding carboxylic acids is 2. The fraction of sp³-hybridized carbons (Fsp3) is 0.818. The van der Waals surface area contributed by atoms with Crippen molar-refractivity contribution >= 4 is 11.9 Å². The van der Waals surface area contributed by atoms with Gasteiger partial charge in [0.1, 0.15) is 0 Å². The van der Waals surface area contributed by atoms with Crippen LogP contribution < -0.4 is 10.2 Å². The van der Waals surface area contributed by atoms with Crippen LogP contribution in [0, 0.1) is 5.92 Å². The van der Waals surface area contributed by atoms with Gasteiger partial charge in [-0.2, -0.15) is 0 Å². The van der Waals surface area contributed by atoms with Crippen molar-refractivity contribution in [1.29, 1.82) is 0 Å². The number of carboxylic acids is 2. The fourth-order valence-electron chi connectivity index (χ4n) is 3.13. The molecule has 0 heterocycles. The standard InChI is InChI=1S/C22H40O4/c1-2-3-4-5-6-7-8-9-10-11-12-13-14-15-16-17-18-20(22(25)26)19-21(23)24/h17-18,20H,2-16,19H2,1H3,(H,23,24)(H,25,26)/p-2/b18-17+. The second-order valence-corrected chi connectivity index (χ2v) is 7.31. The molecule has 0 aliphatic rings. The van der Waals surface area contributed by atoms with Crippen LogP contribution in [-0.4, -0.2) is 11.9 Å². The van der Waals surface area contributed by atoms with Gasteiger partial charge in [0.15, 0.2) is 0 Å². The molecule has 0 saturated heterocycles. The predicted octanol–water partition coefficient (Wildman–Crippen LogP) is 3.92. The monoisotopic (exact) mass is 366 g/mol. The van der Waals surface area contributed by atoms with Gasteiger partial charge in [0, 0.05) is 17.9 Å². The van der Waals surface area contributed by atoms with Crippen LogP contribution in [-0.2, 0) is 9.59 Å². The molecule has 0 aromatic rings. The van der Waals surface area contributed by atoms with Gasteiger partial charge in [0.05, 0.1) is 0 Å². The first kappa shape index (κ1) is 24.7. The summed E-state index contributed by atoms with van der Waals surface area (Å²) in [6.07, 6.45) is 21.8. The lowest BCUT2D eigenvalue weighted by atomic mass is 10.0. The number of hydrogen-bond donors (Lipinski definition) is 0. The molecule has 0 rings (SSSR count). The average Bonchev–Trinajstić information content (AvgIpc) is 2.59. The molecule has 0 amide bonds. The number of carbonyl (C=O) groups is 2. The summed E-state index contributed by atoms with van der Waals surface area (Å²) in [6, 6.07) is 0. The van der Waals surface area contributed by atoms with Crippen LogP contribution in [0.3, 0.4) is 0 Å². The van der Waals surface area contributed by atoms with E-state index < -0.39 is 24.3 Å². The molecule has 0 saturated carbocycles. The maximum Gasteiger partial charge on any atom is 0.0486 e. The van der Waals surface area contributed by atoms with Crippen molar-refractivity contribution in [3.63, 3.8) is 0 Å². The first-order valence-corrected chi connectivity index (χ1v) is 10.6. The van der Waals surface area contributed by atoms with Crippen LogP contribution in [0.2, 0.25) is 0 Å². The molecular formula is C22H38O4-2. The molecule has 0 radical (unpaired) electrons. The lowest BCUT2D eigenvalue weighted by Crippen LogP contribution is -2.35. The van der Waals surface area contributed by atoms with Gasteiger partial charge in [-0.05, 0) is 19.3 Å². The van der Waals surface area contributed by atoms with Crippen LogP contribution in [0.15, 0.2) is 12.2 Å². The number of hydrogen-bond acceptors (Lipinski definition) is 4. The molecular weight excluding hydrogens is 328 g/mol. The van der Waals surface area contributed by atoms with Gasteiger partial charge in [-0.15, -0.1) is 0 Å². The van der Waals surface area contributed by atoms with Gasteiger partial charge < -0.3 is 19.8 Å². The van der Waals surface area contributed by atoms with Crippen molar-refractivity contribution in [3.8, 4) is 0 Å². The smallest absolute Gasteiger partial charge is 0.0486 e. The van der Waals surface area contributed by atoms with Gasteiger partial charge in [-0.1, -0.05) is 103 Å². The van der Waals surface area contributed by atoms with Crippen molar-refractivity contribution in [3.05, 3.63) is 12.2 Å². The normalized spacial score (nSPS) is 12.5. The third-order valence-corrected chi connectivity index (χ3v) is 4.78. The number of allylic oxidation sites excluding steroid dienone is 1. The van der Waals surface area contributed by atoms with Crippen molar-refractivity contribution in [2.75, 3.05) is 0 Å². The third kappa shape index (κ3) is 17.5. The summed E-state index contributed by atoms with van der Waals surface area (Å²) >= 11 is 0. The molecule has 0 N–H and O–H groups in total. The van der Waals surface area contributed by atoms with Crippen LogP contribution in [0.1, 0.15) is 110 Å². The number of rotatable bonds is 19. The van der Waals surface area contributed by atoms with E-state index in [1.165, 1.54) is 83.1 Å². The summed E-state index contributed by atoms with van der Waals surface area (Å²) in [4.78, 5) is 21.2. The second-order valence-electron chi connectivity index (χ2n) is 7.31. The Morgan fingerprint density at radius 1 is 0.731 bits per heavy atom. The molecule has 0 aliphatic carbocycles. The summed E-state index contributed by atoms with van der Waals surface area (Å²) < 4.78 is 0. The summed E-state index contributed by atoms with van der Waals surface area (Å²) in [6.45, 7) is 2.25. The maximum absolute atomic E-state index is 10.8. The minimum atomic E-state index is -1.36. The number of aliphatic carboxylic acids is 2. The average molecular weight is 367 g/mol. The van der Waals surface area contributed by atoms with E-state index in [0.29, 0.717) is 0 Å². The van der Waals surface area contributed by atoms with E-state index >= 15 is 0 Å². The van der Waals surface area contributed by atoms with Gasteiger partial charge in [0.2, 0.25) is 0 Å². The van der Waals surface area contributed by atoms with Crippen LogP contribution in [0.25, 0.3) is 0 Å². The Morgan fingerprint density at radius 3 is 1.54 bits per heavy atom. The Balaban J connectivity index is 3.36. The number of unbranched alkanes of at least 4 members (excludes halogenated alkanes) is 14. The zero-order valence-corrected chi connectivity index (χ0v) is 16.7. The highest BCUT2D eigenvalue weighted by Crippen LogP contribution is 2.13. The highest BCUT2D eigenvalue weighted by Gasteiger charge is 2.05. The molecule has 0 aromatic carbocycles. The van der Waals surface area contributed by atoms with Crippen molar-refractivity contribution < 1.29 is 19.8 Å². The Hall–Kier alpha value is -1.32. The summed E-state index contributed by atoms with van der Waals surface area (Å²) in [5.41, 5.74) is 0. The third-order valence-electron chi connectivity index (χ3n) is 4.78. The zero-order chi connectivity index (χ0) is 19.5. The lowest BCUT2D eigenvalue weighted by Gasteiger charge is -2.14. The first-order chi connectivity index (χ1) is 12.6. The minimum Gasteiger partial charge on any atom is -0.550 e. The summed E-state index contributed by atoms with van der Waals surface area (Å²) in [7, 11) is 0. The minimum absolute atomic E-state index is 0.516. The Kier molecular flexibility index (Phi) is 17.5. The maximum atomic E-state index is 10.8. The Labute approximate surface area is 160 Å². The van der Waals surface area contributed by atoms with Crippen LogP contribution in [0.4, 0.5) is 0 Å². The molecule has 0 aromatic heterocycles. The van der Waals surface area contributed by atoms with E-state index in [1.54, 1.807) is 6.08 Å². The molecule has 1 unspecified atom stereocenters. The van der Waals surface area contributed by atoms with E-state index in [1.807, 2.05) is 0 Å². The molecule has 4 nitrogen and oxygen atoms in total. The zero-order valence-electron chi connectivity index (χ0n) is 16.7. The summed E-state index contributed by atoms with van der Waals surface area (Å²) in [5.74, 6) is -3.79. The fourth-order valence-corrected chi connectivity index (χ4v) is 3.13. The van der Waals surface area contributed by atoms with Crippen molar-refractivity contribution in [2.24, 2.45) is 5.92 Å². The molecule has 152 valence electrons. The summed E-state index contributed by atoms with van der Waals surface area (Å²) in [5, 5.41) is 21.2. The lowest BCUT2D eigenvalue weighted by molar-refractivity contribution is -0.318. The largest absolute Gasteiger partial charge is 0.550 e. The molecule has 0 aliphatic heterocycles. The molecule has 0 fully saturated rings. The molecule has 1 atom stereocenters. The first-order valence-electron chi connectivity index (χ1n) is 10.6. The van der Waals surface area contributed by atoms with E-state index in [0.717, 1.165) is 19.3 Å². The SMILES string of the molecule is CCCCCCCCCCCCCCCC/C=C/C(CC(=O)[O-])C(=O)[O-]. The molecule has 0 spiro atoms. The van der Waals surface area contributed by atoms with Crippen molar-refractivity contribution in [2.45, 2.75) is 110 Å². The van der Waals surface area contributed by atoms with Crippen LogP contribution >= 0.6 is 0 Å². The predicted molar refractivity (Wildman–Crippen MR) is 102 cm³/mol. The van der Waals surface area contributed by atoms with Gasteiger partial charge in [-0.25, -0.2) is 0 Å². The van der Waals surface area contributed by atoms with Gasteiger partial charge in [0.25, 0.3) is 0 Å². The number of carboxylic acid groups (broad SMARTS) is 2. The van der Waals surface area contributed by atoms with Gasteiger partial charge >= 0.3 is 0 Å². The van der Waals surface area contributed by atoms with E-state index in [9.17, 15) is 19.8 Å². The van der Waals surface area contributed by atoms with E-state index in [2.05, 4.69) is 6.92 Å². The molecule has 0 bridgehead atoms. The quantitative estimate of drug-likeness (QED) is 0.256. The highest BCUT2D eigenvalue weighted by molar-refractivity contribution is 5.77. The van der Waals surface area contributed by atoms with E-state index in [-0.39, 0.29) is 0 Å². The van der Waals surface area contributed by atoms with E-state index in [4.69, 9.17) is 0 Å². The van der Waals surface area contributed by atoms with Gasteiger partial charge in [-0.3, -0.25) is 0 Å². The highest BCUT2D eigenvalue weighted by atomic mass is 16.4. The van der Waals surface area contributed by atoms with Crippen molar-refractivity contribution in [1.82, 2.24) is 0 Å². The molecule has 4 heteroatoms. The van der Waals surface area contributed by atoms with Crippen LogP contribution in [0.5, 0.6) is 0 Å². The second kappa shape index (κ2) is 18.5. The molecule has 26 heavy (non-hydrogen) atoms. The Morgan fingerprint density at radius 2 is 1.15 bits per heavy atom. The Bertz CT molecular complexity index is 376. The topological polar surface area (TPSA) is 80.3 Å².